The normalized spacial score (nSPS) is 21.6. The molecule has 2 N–H and O–H groups in total. The second-order valence-electron chi connectivity index (χ2n) is 3.92. The molecule has 0 saturated heterocycles. The van der Waals surface area contributed by atoms with Gasteiger partial charge in [-0.1, -0.05) is 16.3 Å². The fourth-order valence-electron chi connectivity index (χ4n) is 1.33. The third kappa shape index (κ3) is 3.00. The SMILES string of the molecule is C[C@H](CCC1(C)N=N1)C(NP)C(=O)O. The summed E-state index contributed by atoms with van der Waals surface area (Å²) in [4.78, 5) is 10.8. The average Bonchev–Trinajstić information content (AvgIpc) is 2.82. The number of carboxylic acid groups (broad SMARTS) is 1. The lowest BCUT2D eigenvalue weighted by Crippen LogP contribution is -2.36. The highest BCUT2D eigenvalue weighted by Crippen LogP contribution is 2.33. The number of rotatable bonds is 6. The van der Waals surface area contributed by atoms with Crippen LogP contribution in [0.3, 0.4) is 0 Å². The number of hydrogen-bond acceptors (Lipinski definition) is 4. The Labute approximate surface area is 85.6 Å². The van der Waals surface area contributed by atoms with Crippen LogP contribution in [0.5, 0.6) is 0 Å². The van der Waals surface area contributed by atoms with E-state index in [9.17, 15) is 4.79 Å². The molecule has 5 nitrogen and oxygen atoms in total. The first-order valence-electron chi connectivity index (χ1n) is 4.61. The molecule has 1 heterocycles. The van der Waals surface area contributed by atoms with Crippen molar-refractivity contribution in [3.8, 4) is 0 Å². The van der Waals surface area contributed by atoms with E-state index in [0.717, 1.165) is 12.8 Å². The number of hydrogen-bond donors (Lipinski definition) is 2. The molecule has 1 aliphatic rings. The van der Waals surface area contributed by atoms with E-state index in [1.807, 2.05) is 13.8 Å². The fourth-order valence-corrected chi connectivity index (χ4v) is 1.80. The van der Waals surface area contributed by atoms with E-state index in [1.165, 1.54) is 0 Å². The summed E-state index contributed by atoms with van der Waals surface area (Å²) in [5, 5.41) is 19.4. The summed E-state index contributed by atoms with van der Waals surface area (Å²) in [6, 6.07) is -0.512. The van der Waals surface area contributed by atoms with Crippen molar-refractivity contribution in [2.24, 2.45) is 16.1 Å². The Hall–Kier alpha value is -0.540. The highest BCUT2D eigenvalue weighted by molar-refractivity contribution is 7.13. The summed E-state index contributed by atoms with van der Waals surface area (Å²) in [5.74, 6) is -0.741. The summed E-state index contributed by atoms with van der Waals surface area (Å²) in [6.45, 7) is 3.87. The van der Waals surface area contributed by atoms with E-state index < -0.39 is 12.0 Å². The molecule has 0 spiro atoms. The largest absolute Gasteiger partial charge is 0.480 e. The van der Waals surface area contributed by atoms with E-state index in [4.69, 9.17) is 5.11 Å². The van der Waals surface area contributed by atoms with E-state index in [1.54, 1.807) is 0 Å². The van der Waals surface area contributed by atoms with Crippen LogP contribution in [-0.2, 0) is 4.79 Å². The molecule has 0 aromatic carbocycles. The average molecular weight is 217 g/mol. The minimum absolute atomic E-state index is 0.0767. The van der Waals surface area contributed by atoms with Crippen LogP contribution in [0.1, 0.15) is 26.7 Å². The van der Waals surface area contributed by atoms with E-state index in [-0.39, 0.29) is 11.6 Å². The second-order valence-corrected chi connectivity index (χ2v) is 4.25. The summed E-state index contributed by atoms with van der Waals surface area (Å²) in [5.41, 5.74) is -0.224. The van der Waals surface area contributed by atoms with Gasteiger partial charge in [0.15, 0.2) is 5.66 Å². The van der Waals surface area contributed by atoms with Gasteiger partial charge >= 0.3 is 5.97 Å². The van der Waals surface area contributed by atoms with Gasteiger partial charge in [0.2, 0.25) is 0 Å². The molecule has 80 valence electrons. The summed E-state index contributed by atoms with van der Waals surface area (Å²) in [6.07, 6.45) is 1.63. The molecule has 6 heteroatoms. The van der Waals surface area contributed by atoms with Crippen molar-refractivity contribution in [3.05, 3.63) is 0 Å². The zero-order chi connectivity index (χ0) is 10.8. The molecule has 0 aromatic heterocycles. The molecule has 0 fully saturated rings. The van der Waals surface area contributed by atoms with Crippen LogP contribution >= 0.6 is 9.39 Å². The minimum Gasteiger partial charge on any atom is -0.480 e. The maximum Gasteiger partial charge on any atom is 0.321 e. The van der Waals surface area contributed by atoms with Gasteiger partial charge in [0, 0.05) is 0 Å². The Morgan fingerprint density at radius 1 is 1.64 bits per heavy atom. The molecular weight excluding hydrogens is 201 g/mol. The predicted octanol–water partition coefficient (Wildman–Crippen LogP) is 1.42. The number of aliphatic carboxylic acids is 1. The molecule has 0 bridgehead atoms. The van der Waals surface area contributed by atoms with Crippen molar-refractivity contribution in [2.45, 2.75) is 38.4 Å². The Bertz CT molecular complexity index is 251. The Kier molecular flexibility index (Phi) is 3.56. The van der Waals surface area contributed by atoms with Crippen molar-refractivity contribution in [2.75, 3.05) is 0 Å². The quantitative estimate of drug-likeness (QED) is 0.661. The molecule has 0 saturated carbocycles. The molecule has 0 aromatic rings. The first-order chi connectivity index (χ1) is 6.48. The second kappa shape index (κ2) is 4.32. The van der Waals surface area contributed by atoms with Crippen LogP contribution in [0.2, 0.25) is 0 Å². The van der Waals surface area contributed by atoms with Crippen molar-refractivity contribution < 1.29 is 9.90 Å². The fraction of sp³-hybridized carbons (Fsp3) is 0.875. The molecule has 1 rings (SSSR count). The van der Waals surface area contributed by atoms with E-state index >= 15 is 0 Å². The van der Waals surface area contributed by atoms with Crippen LogP contribution in [0.25, 0.3) is 0 Å². The van der Waals surface area contributed by atoms with Crippen molar-refractivity contribution in [3.63, 3.8) is 0 Å². The smallest absolute Gasteiger partial charge is 0.321 e. The van der Waals surface area contributed by atoms with E-state index in [2.05, 4.69) is 24.7 Å². The van der Waals surface area contributed by atoms with Gasteiger partial charge in [-0.2, -0.15) is 10.2 Å². The van der Waals surface area contributed by atoms with Gasteiger partial charge in [-0.05, 0) is 25.7 Å². The molecular formula is C8H16N3O2P. The van der Waals surface area contributed by atoms with Gasteiger partial charge in [0.1, 0.15) is 6.04 Å². The van der Waals surface area contributed by atoms with Gasteiger partial charge in [0.25, 0.3) is 0 Å². The molecule has 3 atom stereocenters. The lowest BCUT2D eigenvalue weighted by atomic mass is 9.94. The van der Waals surface area contributed by atoms with Crippen molar-refractivity contribution in [1.29, 1.82) is 0 Å². The highest BCUT2D eigenvalue weighted by Gasteiger charge is 2.35. The molecule has 1 aliphatic heterocycles. The molecule has 14 heavy (non-hydrogen) atoms. The van der Waals surface area contributed by atoms with Crippen LogP contribution < -0.4 is 5.09 Å². The lowest BCUT2D eigenvalue weighted by Gasteiger charge is -2.19. The Balaban J connectivity index is 2.31. The predicted molar refractivity (Wildman–Crippen MR) is 55.9 cm³/mol. The first-order valence-corrected chi connectivity index (χ1v) is 5.19. The van der Waals surface area contributed by atoms with Gasteiger partial charge in [-0.25, -0.2) is 0 Å². The van der Waals surface area contributed by atoms with Crippen LogP contribution in [0.4, 0.5) is 0 Å². The minimum atomic E-state index is -0.817. The van der Waals surface area contributed by atoms with Crippen LogP contribution in [0.15, 0.2) is 10.2 Å². The summed E-state index contributed by atoms with van der Waals surface area (Å²) >= 11 is 0. The zero-order valence-corrected chi connectivity index (χ0v) is 9.55. The Morgan fingerprint density at radius 2 is 2.21 bits per heavy atom. The maximum atomic E-state index is 10.8. The number of carboxylic acids is 1. The first kappa shape index (κ1) is 11.5. The monoisotopic (exact) mass is 217 g/mol. The van der Waals surface area contributed by atoms with Gasteiger partial charge in [-0.3, -0.25) is 9.88 Å². The van der Waals surface area contributed by atoms with E-state index in [0.29, 0.717) is 0 Å². The summed E-state index contributed by atoms with van der Waals surface area (Å²) in [7, 11) is 2.25. The number of nitrogens with one attached hydrogen (secondary N) is 1. The van der Waals surface area contributed by atoms with Crippen LogP contribution in [0, 0.1) is 5.92 Å². The molecule has 0 amide bonds. The molecule has 0 radical (unpaired) electrons. The summed E-state index contributed by atoms with van der Waals surface area (Å²) < 4.78 is 0. The van der Waals surface area contributed by atoms with Gasteiger partial charge in [-0.15, -0.1) is 0 Å². The zero-order valence-electron chi connectivity index (χ0n) is 8.40. The third-order valence-electron chi connectivity index (χ3n) is 2.53. The standard InChI is InChI=1S/C8H16N3O2P/c1-5(6(9-14)7(12)13)3-4-8(2)10-11-8/h5-6,9H,3-4,14H2,1-2H3,(H,12,13)/t5-,6?/m1/s1. The topological polar surface area (TPSA) is 74.0 Å². The van der Waals surface area contributed by atoms with Gasteiger partial charge in [0.05, 0.1) is 0 Å². The maximum absolute atomic E-state index is 10.8. The molecule has 2 unspecified atom stereocenters. The van der Waals surface area contributed by atoms with Crippen molar-refractivity contribution >= 4 is 15.4 Å². The Morgan fingerprint density at radius 3 is 2.57 bits per heavy atom. The van der Waals surface area contributed by atoms with Crippen LogP contribution in [-0.4, -0.2) is 22.8 Å². The highest BCUT2D eigenvalue weighted by atomic mass is 31.0. The number of carbonyl (C=O) groups is 1. The lowest BCUT2D eigenvalue weighted by molar-refractivity contribution is -0.140. The molecule has 0 aliphatic carbocycles. The van der Waals surface area contributed by atoms with Crippen molar-refractivity contribution in [1.82, 2.24) is 5.09 Å². The number of nitrogens with zero attached hydrogens (tertiary/aromatic N) is 2. The third-order valence-corrected chi connectivity index (χ3v) is 2.89. The van der Waals surface area contributed by atoms with Gasteiger partial charge < -0.3 is 5.11 Å².